The van der Waals surface area contributed by atoms with Crippen molar-refractivity contribution < 1.29 is 14.2 Å². The summed E-state index contributed by atoms with van der Waals surface area (Å²) in [5, 5.41) is 0. The van der Waals surface area contributed by atoms with Gasteiger partial charge in [-0.05, 0) is 36.6 Å². The summed E-state index contributed by atoms with van der Waals surface area (Å²) in [5.41, 5.74) is 2.37. The Kier molecular flexibility index (Phi) is 6.71. The van der Waals surface area contributed by atoms with Crippen LogP contribution in [0.5, 0.6) is 11.5 Å². The van der Waals surface area contributed by atoms with Crippen molar-refractivity contribution in [2.24, 2.45) is 0 Å². The molecule has 134 valence electrons. The van der Waals surface area contributed by atoms with Crippen LogP contribution in [0.3, 0.4) is 0 Å². The van der Waals surface area contributed by atoms with E-state index < -0.39 is 0 Å². The lowest BCUT2D eigenvalue weighted by molar-refractivity contribution is 0.0374. The van der Waals surface area contributed by atoms with Crippen LogP contribution in [0.15, 0.2) is 48.5 Å². The zero-order valence-corrected chi connectivity index (χ0v) is 14.9. The Morgan fingerprint density at radius 2 is 1.80 bits per heavy atom. The van der Waals surface area contributed by atoms with Gasteiger partial charge in [-0.1, -0.05) is 42.5 Å². The summed E-state index contributed by atoms with van der Waals surface area (Å²) >= 11 is 0. The Labute approximate surface area is 150 Å². The van der Waals surface area contributed by atoms with Crippen LogP contribution in [0, 0.1) is 0 Å². The standard InChI is InChI=1S/C21H27NO3/c1-23-20-11-5-9-19(10-6-12-22-13-15-24-16-14-22)21(20)25-17-18-7-3-2-4-8-18/h2-5,7-9,11H,6,10,12-17H2,1H3. The number of para-hydroxylation sites is 1. The number of methoxy groups -OCH3 is 1. The molecule has 0 spiro atoms. The molecule has 2 aromatic rings. The molecule has 0 radical (unpaired) electrons. The molecule has 4 heteroatoms. The van der Waals surface area contributed by atoms with E-state index in [9.17, 15) is 0 Å². The monoisotopic (exact) mass is 341 g/mol. The second kappa shape index (κ2) is 9.44. The summed E-state index contributed by atoms with van der Waals surface area (Å²) in [6.45, 7) is 5.43. The minimum atomic E-state index is 0.553. The zero-order chi connectivity index (χ0) is 17.3. The Balaban J connectivity index is 1.61. The first-order valence-electron chi connectivity index (χ1n) is 8.99. The lowest BCUT2D eigenvalue weighted by Gasteiger charge is -2.26. The zero-order valence-electron chi connectivity index (χ0n) is 14.9. The maximum atomic E-state index is 6.13. The first kappa shape index (κ1) is 17.8. The fourth-order valence-corrected chi connectivity index (χ4v) is 3.13. The second-order valence-electron chi connectivity index (χ2n) is 6.28. The van der Waals surface area contributed by atoms with Gasteiger partial charge in [-0.25, -0.2) is 0 Å². The van der Waals surface area contributed by atoms with Crippen LogP contribution in [-0.4, -0.2) is 44.9 Å². The Hall–Kier alpha value is -2.04. The Morgan fingerprint density at radius 1 is 1.00 bits per heavy atom. The van der Waals surface area contributed by atoms with Crippen LogP contribution in [0.4, 0.5) is 0 Å². The third-order valence-electron chi connectivity index (χ3n) is 4.53. The highest BCUT2D eigenvalue weighted by atomic mass is 16.5. The van der Waals surface area contributed by atoms with Crippen LogP contribution in [0.2, 0.25) is 0 Å². The minimum Gasteiger partial charge on any atom is -0.493 e. The highest BCUT2D eigenvalue weighted by Gasteiger charge is 2.13. The van der Waals surface area contributed by atoms with Gasteiger partial charge in [0.1, 0.15) is 6.61 Å². The van der Waals surface area contributed by atoms with Crippen LogP contribution in [0.25, 0.3) is 0 Å². The van der Waals surface area contributed by atoms with Gasteiger partial charge >= 0.3 is 0 Å². The van der Waals surface area contributed by atoms with Gasteiger partial charge in [0.15, 0.2) is 11.5 Å². The number of benzene rings is 2. The van der Waals surface area contributed by atoms with Crippen molar-refractivity contribution >= 4 is 0 Å². The predicted octanol–water partition coefficient (Wildman–Crippen LogP) is 3.54. The summed E-state index contributed by atoms with van der Waals surface area (Å²) in [6.07, 6.45) is 2.09. The molecule has 0 N–H and O–H groups in total. The van der Waals surface area contributed by atoms with Crippen molar-refractivity contribution in [3.8, 4) is 11.5 Å². The summed E-state index contributed by atoms with van der Waals surface area (Å²) in [7, 11) is 1.70. The number of ether oxygens (including phenoxy) is 3. The van der Waals surface area contributed by atoms with E-state index in [4.69, 9.17) is 14.2 Å². The first-order chi connectivity index (χ1) is 12.4. The van der Waals surface area contributed by atoms with Crippen molar-refractivity contribution in [2.45, 2.75) is 19.4 Å². The van der Waals surface area contributed by atoms with E-state index in [-0.39, 0.29) is 0 Å². The smallest absolute Gasteiger partial charge is 0.164 e. The number of nitrogens with zero attached hydrogens (tertiary/aromatic N) is 1. The number of morpholine rings is 1. The number of rotatable bonds is 8. The van der Waals surface area contributed by atoms with Crippen molar-refractivity contribution in [1.82, 2.24) is 4.90 Å². The van der Waals surface area contributed by atoms with E-state index in [0.717, 1.165) is 62.8 Å². The number of hydrogen-bond acceptors (Lipinski definition) is 4. The van der Waals surface area contributed by atoms with Crippen LogP contribution in [0.1, 0.15) is 17.5 Å². The maximum Gasteiger partial charge on any atom is 0.164 e. The summed E-state index contributed by atoms with van der Waals surface area (Å²) in [5.74, 6) is 1.68. The maximum absolute atomic E-state index is 6.13. The number of aryl methyl sites for hydroxylation is 1. The molecule has 4 nitrogen and oxygen atoms in total. The molecule has 1 fully saturated rings. The van der Waals surface area contributed by atoms with Gasteiger partial charge in [-0.2, -0.15) is 0 Å². The second-order valence-corrected chi connectivity index (χ2v) is 6.28. The van der Waals surface area contributed by atoms with Crippen molar-refractivity contribution in [3.63, 3.8) is 0 Å². The topological polar surface area (TPSA) is 30.9 Å². The van der Waals surface area contributed by atoms with Crippen LogP contribution < -0.4 is 9.47 Å². The minimum absolute atomic E-state index is 0.553. The molecular formula is C21H27NO3. The Bertz CT molecular complexity index is 639. The van der Waals surface area contributed by atoms with Gasteiger partial charge < -0.3 is 14.2 Å². The van der Waals surface area contributed by atoms with E-state index >= 15 is 0 Å². The summed E-state index contributed by atoms with van der Waals surface area (Å²) in [4.78, 5) is 2.47. The van der Waals surface area contributed by atoms with Gasteiger partial charge in [0, 0.05) is 13.1 Å². The van der Waals surface area contributed by atoms with Crippen molar-refractivity contribution in [3.05, 3.63) is 59.7 Å². The van der Waals surface area contributed by atoms with Gasteiger partial charge in [0.2, 0.25) is 0 Å². The van der Waals surface area contributed by atoms with E-state index in [1.165, 1.54) is 5.56 Å². The van der Waals surface area contributed by atoms with Gasteiger partial charge in [-0.15, -0.1) is 0 Å². The molecule has 1 saturated heterocycles. The molecule has 1 aliphatic heterocycles. The van der Waals surface area contributed by atoms with E-state index in [0.29, 0.717) is 6.61 Å². The van der Waals surface area contributed by atoms with Gasteiger partial charge in [-0.3, -0.25) is 4.90 Å². The molecule has 0 bridgehead atoms. The largest absolute Gasteiger partial charge is 0.493 e. The molecular weight excluding hydrogens is 314 g/mol. The highest BCUT2D eigenvalue weighted by Crippen LogP contribution is 2.32. The van der Waals surface area contributed by atoms with Crippen molar-refractivity contribution in [2.75, 3.05) is 40.0 Å². The predicted molar refractivity (Wildman–Crippen MR) is 99.3 cm³/mol. The molecule has 0 saturated carbocycles. The molecule has 0 unspecified atom stereocenters. The molecule has 1 heterocycles. The summed E-state index contributed by atoms with van der Waals surface area (Å²) < 4.78 is 17.1. The third kappa shape index (κ3) is 5.21. The fourth-order valence-electron chi connectivity index (χ4n) is 3.13. The third-order valence-corrected chi connectivity index (χ3v) is 4.53. The quantitative estimate of drug-likeness (QED) is 0.735. The van der Waals surface area contributed by atoms with E-state index in [2.05, 4.69) is 23.1 Å². The molecule has 1 aliphatic rings. The molecule has 0 atom stereocenters. The average Bonchev–Trinajstić information content (AvgIpc) is 2.68. The SMILES string of the molecule is COc1cccc(CCCN2CCOCC2)c1OCc1ccccc1. The average molecular weight is 341 g/mol. The molecule has 0 amide bonds. The first-order valence-corrected chi connectivity index (χ1v) is 8.99. The number of hydrogen-bond donors (Lipinski definition) is 0. The van der Waals surface area contributed by atoms with Gasteiger partial charge in [0.25, 0.3) is 0 Å². The van der Waals surface area contributed by atoms with Crippen LogP contribution >= 0.6 is 0 Å². The molecule has 25 heavy (non-hydrogen) atoms. The van der Waals surface area contributed by atoms with E-state index in [1.54, 1.807) is 7.11 Å². The van der Waals surface area contributed by atoms with Gasteiger partial charge in [0.05, 0.1) is 20.3 Å². The normalized spacial score (nSPS) is 15.1. The fraction of sp³-hybridized carbons (Fsp3) is 0.429. The molecule has 0 aromatic heterocycles. The van der Waals surface area contributed by atoms with E-state index in [1.807, 2.05) is 30.3 Å². The summed E-state index contributed by atoms with van der Waals surface area (Å²) in [6, 6.07) is 16.4. The highest BCUT2D eigenvalue weighted by molar-refractivity contribution is 5.46. The lowest BCUT2D eigenvalue weighted by Crippen LogP contribution is -2.36. The van der Waals surface area contributed by atoms with Crippen molar-refractivity contribution in [1.29, 1.82) is 0 Å². The Morgan fingerprint density at radius 3 is 2.56 bits per heavy atom. The van der Waals surface area contributed by atoms with Crippen LogP contribution in [-0.2, 0) is 17.8 Å². The molecule has 2 aromatic carbocycles. The lowest BCUT2D eigenvalue weighted by atomic mass is 10.1. The molecule has 3 rings (SSSR count). The molecule has 0 aliphatic carbocycles.